The van der Waals surface area contributed by atoms with Crippen molar-refractivity contribution in [2.75, 3.05) is 13.1 Å². The van der Waals surface area contributed by atoms with E-state index in [1.807, 2.05) is 18.7 Å². The van der Waals surface area contributed by atoms with Crippen LogP contribution >= 0.6 is 11.3 Å². The molecule has 0 saturated heterocycles. The summed E-state index contributed by atoms with van der Waals surface area (Å²) < 4.78 is 0. The molecule has 0 fully saturated rings. The van der Waals surface area contributed by atoms with Gasteiger partial charge in [-0.15, -0.1) is 11.3 Å². The predicted molar refractivity (Wildman–Crippen MR) is 93.2 cm³/mol. The van der Waals surface area contributed by atoms with Crippen molar-refractivity contribution < 1.29 is 9.59 Å². The summed E-state index contributed by atoms with van der Waals surface area (Å²) in [6.07, 6.45) is 3.06. The van der Waals surface area contributed by atoms with Crippen LogP contribution in [0.15, 0.2) is 11.4 Å². The van der Waals surface area contributed by atoms with E-state index in [4.69, 9.17) is 5.73 Å². The van der Waals surface area contributed by atoms with Gasteiger partial charge in [0.2, 0.25) is 11.8 Å². The molecule has 0 aliphatic carbocycles. The molecule has 1 aliphatic heterocycles. The number of amides is 2. The highest BCUT2D eigenvalue weighted by Crippen LogP contribution is 2.24. The van der Waals surface area contributed by atoms with Crippen molar-refractivity contribution in [2.45, 2.75) is 58.0 Å². The third-order valence-corrected chi connectivity index (χ3v) is 5.80. The van der Waals surface area contributed by atoms with Gasteiger partial charge < -0.3 is 16.0 Å². The van der Waals surface area contributed by atoms with Gasteiger partial charge in [-0.2, -0.15) is 0 Å². The highest BCUT2D eigenvalue weighted by atomic mass is 32.1. The van der Waals surface area contributed by atoms with Crippen LogP contribution < -0.4 is 11.1 Å². The maximum absolute atomic E-state index is 12.3. The Morgan fingerprint density at radius 2 is 2.09 bits per heavy atom. The second kappa shape index (κ2) is 7.93. The SMILES string of the molecule is CCC(N)(CC)CNC(=O)CCC(=O)N1CCc2sccc2C1. The van der Waals surface area contributed by atoms with E-state index in [9.17, 15) is 9.59 Å². The quantitative estimate of drug-likeness (QED) is 0.799. The average Bonchev–Trinajstić information content (AvgIpc) is 3.05. The van der Waals surface area contributed by atoms with Crippen LogP contribution in [0.2, 0.25) is 0 Å². The normalized spacial score (nSPS) is 14.5. The fourth-order valence-corrected chi connectivity index (χ4v) is 3.59. The molecule has 2 heterocycles. The van der Waals surface area contributed by atoms with E-state index < -0.39 is 0 Å². The topological polar surface area (TPSA) is 75.4 Å². The number of carbonyl (C=O) groups excluding carboxylic acids is 2. The molecule has 0 spiro atoms. The highest BCUT2D eigenvalue weighted by Gasteiger charge is 2.23. The van der Waals surface area contributed by atoms with Crippen LogP contribution in [-0.4, -0.2) is 35.3 Å². The number of fused-ring (bicyclic) bond motifs is 1. The summed E-state index contributed by atoms with van der Waals surface area (Å²) in [5, 5.41) is 4.94. The lowest BCUT2D eigenvalue weighted by molar-refractivity contribution is -0.134. The minimum Gasteiger partial charge on any atom is -0.354 e. The number of nitrogens with zero attached hydrogens (tertiary/aromatic N) is 1. The molecule has 23 heavy (non-hydrogen) atoms. The molecule has 0 saturated carbocycles. The summed E-state index contributed by atoms with van der Waals surface area (Å²) in [4.78, 5) is 27.4. The number of carbonyl (C=O) groups is 2. The molecule has 128 valence electrons. The zero-order valence-corrected chi connectivity index (χ0v) is 14.9. The second-order valence-corrected chi connectivity index (χ2v) is 7.28. The Hall–Kier alpha value is -1.40. The van der Waals surface area contributed by atoms with Gasteiger partial charge in [0, 0.05) is 42.9 Å². The van der Waals surface area contributed by atoms with Gasteiger partial charge in [0.05, 0.1) is 0 Å². The molecule has 5 nitrogen and oxygen atoms in total. The lowest BCUT2D eigenvalue weighted by atomic mass is 9.94. The van der Waals surface area contributed by atoms with Crippen LogP contribution in [-0.2, 0) is 22.6 Å². The molecule has 1 aromatic heterocycles. The molecule has 0 aromatic carbocycles. The largest absolute Gasteiger partial charge is 0.354 e. The smallest absolute Gasteiger partial charge is 0.223 e. The Morgan fingerprint density at radius 3 is 2.78 bits per heavy atom. The monoisotopic (exact) mass is 337 g/mol. The van der Waals surface area contributed by atoms with Gasteiger partial charge in [0.25, 0.3) is 0 Å². The lowest BCUT2D eigenvalue weighted by Crippen LogP contribution is -2.49. The number of nitrogens with one attached hydrogen (secondary N) is 1. The fourth-order valence-electron chi connectivity index (χ4n) is 2.70. The van der Waals surface area contributed by atoms with Crippen molar-refractivity contribution >= 4 is 23.2 Å². The van der Waals surface area contributed by atoms with Crippen LogP contribution in [0.3, 0.4) is 0 Å². The third kappa shape index (κ3) is 4.78. The first-order valence-electron chi connectivity index (χ1n) is 8.36. The van der Waals surface area contributed by atoms with Gasteiger partial charge in [-0.05, 0) is 36.3 Å². The van der Waals surface area contributed by atoms with Crippen LogP contribution in [0.5, 0.6) is 0 Å². The Balaban J connectivity index is 1.73. The molecule has 0 atom stereocenters. The van der Waals surface area contributed by atoms with Gasteiger partial charge in [0.1, 0.15) is 0 Å². The van der Waals surface area contributed by atoms with E-state index in [1.54, 1.807) is 11.3 Å². The van der Waals surface area contributed by atoms with Crippen molar-refractivity contribution in [3.8, 4) is 0 Å². The molecular formula is C17H27N3O2S. The lowest BCUT2D eigenvalue weighted by Gasteiger charge is -2.28. The Labute approximate surface area is 142 Å². The second-order valence-electron chi connectivity index (χ2n) is 6.28. The van der Waals surface area contributed by atoms with Crippen molar-refractivity contribution in [1.82, 2.24) is 10.2 Å². The Kier molecular flexibility index (Phi) is 6.18. The van der Waals surface area contributed by atoms with Crippen LogP contribution in [0.25, 0.3) is 0 Å². The zero-order chi connectivity index (χ0) is 16.9. The van der Waals surface area contributed by atoms with Crippen molar-refractivity contribution in [1.29, 1.82) is 0 Å². The molecule has 0 radical (unpaired) electrons. The van der Waals surface area contributed by atoms with E-state index in [0.717, 1.165) is 25.8 Å². The number of nitrogens with two attached hydrogens (primary N) is 1. The molecule has 1 aromatic rings. The first-order chi connectivity index (χ1) is 11.0. The first kappa shape index (κ1) is 17.9. The first-order valence-corrected chi connectivity index (χ1v) is 9.24. The van der Waals surface area contributed by atoms with Crippen LogP contribution in [0.4, 0.5) is 0 Å². The molecule has 1 aliphatic rings. The maximum atomic E-state index is 12.3. The van der Waals surface area contributed by atoms with Gasteiger partial charge in [-0.1, -0.05) is 13.8 Å². The van der Waals surface area contributed by atoms with Gasteiger partial charge in [-0.3, -0.25) is 9.59 Å². The zero-order valence-electron chi connectivity index (χ0n) is 14.1. The standard InChI is InChI=1S/C17H27N3O2S/c1-3-17(18,4-2)12-19-15(21)5-6-16(22)20-9-7-14-13(11-20)8-10-23-14/h8,10H,3-7,9,11-12,18H2,1-2H3,(H,19,21). The minimum atomic E-state index is -0.345. The molecule has 6 heteroatoms. The molecule has 3 N–H and O–H groups in total. The summed E-state index contributed by atoms with van der Waals surface area (Å²) in [7, 11) is 0. The number of rotatable bonds is 7. The number of thiophene rings is 1. The molecule has 2 amide bonds. The van der Waals surface area contributed by atoms with E-state index in [-0.39, 0.29) is 30.2 Å². The number of hydrogen-bond acceptors (Lipinski definition) is 4. The summed E-state index contributed by atoms with van der Waals surface area (Å²) in [6.45, 7) is 5.94. The van der Waals surface area contributed by atoms with E-state index in [0.29, 0.717) is 13.1 Å². The van der Waals surface area contributed by atoms with E-state index in [1.165, 1.54) is 10.4 Å². The van der Waals surface area contributed by atoms with Crippen molar-refractivity contribution in [3.63, 3.8) is 0 Å². The van der Waals surface area contributed by atoms with Crippen LogP contribution in [0.1, 0.15) is 50.0 Å². The molecule has 0 bridgehead atoms. The van der Waals surface area contributed by atoms with Crippen molar-refractivity contribution in [2.24, 2.45) is 5.73 Å². The molecule has 2 rings (SSSR count). The van der Waals surface area contributed by atoms with Gasteiger partial charge in [0.15, 0.2) is 0 Å². The van der Waals surface area contributed by atoms with E-state index in [2.05, 4.69) is 16.8 Å². The Morgan fingerprint density at radius 1 is 1.35 bits per heavy atom. The molecular weight excluding hydrogens is 310 g/mol. The summed E-state index contributed by atoms with van der Waals surface area (Å²) >= 11 is 1.76. The minimum absolute atomic E-state index is 0.0574. The summed E-state index contributed by atoms with van der Waals surface area (Å²) in [6, 6.07) is 2.09. The van der Waals surface area contributed by atoms with Gasteiger partial charge in [-0.25, -0.2) is 0 Å². The van der Waals surface area contributed by atoms with Crippen molar-refractivity contribution in [3.05, 3.63) is 21.9 Å². The maximum Gasteiger partial charge on any atom is 0.223 e. The van der Waals surface area contributed by atoms with E-state index >= 15 is 0 Å². The van der Waals surface area contributed by atoms with Gasteiger partial charge >= 0.3 is 0 Å². The molecule has 0 unspecified atom stereocenters. The third-order valence-electron chi connectivity index (χ3n) is 4.77. The highest BCUT2D eigenvalue weighted by molar-refractivity contribution is 7.10. The number of hydrogen-bond donors (Lipinski definition) is 2. The Bertz CT molecular complexity index is 552. The van der Waals surface area contributed by atoms with Crippen LogP contribution in [0, 0.1) is 0 Å². The summed E-state index contributed by atoms with van der Waals surface area (Å²) in [5.41, 5.74) is 7.07. The average molecular weight is 337 g/mol. The summed E-state index contributed by atoms with van der Waals surface area (Å²) in [5.74, 6) is -0.0368. The fraction of sp³-hybridized carbons (Fsp3) is 0.647. The predicted octanol–water partition coefficient (Wildman–Crippen LogP) is 2.05.